The molecule has 2 unspecified atom stereocenters. The summed E-state index contributed by atoms with van der Waals surface area (Å²) in [7, 11) is 0. The van der Waals surface area contributed by atoms with Crippen molar-refractivity contribution in [1.29, 1.82) is 0 Å². The van der Waals surface area contributed by atoms with Gasteiger partial charge < -0.3 is 10.2 Å². The molecule has 1 N–H and O–H groups in total. The number of rotatable bonds is 5. The minimum Gasteiger partial charge on any atom is -0.309 e. The molecule has 1 saturated heterocycles. The monoisotopic (exact) mass is 267 g/mol. The van der Waals surface area contributed by atoms with E-state index >= 15 is 0 Å². The largest absolute Gasteiger partial charge is 0.309 e. The molecule has 18 heavy (non-hydrogen) atoms. The molecule has 2 rings (SSSR count). The standard InChI is InChI=1S/C14H25N3S/c1-5-17-7-6-13(9-17)8-15-10(2)14-11(3)16-12(4)18-14/h10,13,15H,5-9H2,1-4H3. The predicted molar refractivity (Wildman–Crippen MR) is 78.2 cm³/mol. The molecule has 1 aliphatic rings. The number of likely N-dealkylation sites (tertiary alicyclic amines) is 1. The third kappa shape index (κ3) is 3.31. The van der Waals surface area contributed by atoms with Crippen LogP contribution in [0.3, 0.4) is 0 Å². The molecular weight excluding hydrogens is 242 g/mol. The van der Waals surface area contributed by atoms with E-state index in [0.717, 1.165) is 12.5 Å². The molecule has 0 bridgehead atoms. The topological polar surface area (TPSA) is 28.2 Å². The molecule has 1 aromatic heterocycles. The van der Waals surface area contributed by atoms with Gasteiger partial charge in [0.1, 0.15) is 0 Å². The average molecular weight is 267 g/mol. The van der Waals surface area contributed by atoms with Gasteiger partial charge in [-0.3, -0.25) is 0 Å². The summed E-state index contributed by atoms with van der Waals surface area (Å²) in [5.74, 6) is 0.821. The van der Waals surface area contributed by atoms with E-state index in [4.69, 9.17) is 0 Å². The van der Waals surface area contributed by atoms with Gasteiger partial charge in [-0.15, -0.1) is 11.3 Å². The number of hydrogen-bond acceptors (Lipinski definition) is 4. The number of nitrogens with zero attached hydrogens (tertiary/aromatic N) is 2. The first-order chi connectivity index (χ1) is 8.60. The average Bonchev–Trinajstić information content (AvgIpc) is 2.92. The Morgan fingerprint density at radius 1 is 1.50 bits per heavy atom. The van der Waals surface area contributed by atoms with Gasteiger partial charge in [0, 0.05) is 17.5 Å². The van der Waals surface area contributed by atoms with E-state index in [1.807, 2.05) is 11.3 Å². The van der Waals surface area contributed by atoms with Gasteiger partial charge in [0.15, 0.2) is 0 Å². The minimum absolute atomic E-state index is 0.437. The van der Waals surface area contributed by atoms with Gasteiger partial charge in [0.25, 0.3) is 0 Å². The Labute approximate surface area is 115 Å². The lowest BCUT2D eigenvalue weighted by atomic mass is 10.1. The third-order valence-electron chi connectivity index (χ3n) is 3.86. The summed E-state index contributed by atoms with van der Waals surface area (Å²) >= 11 is 1.83. The molecule has 0 aromatic carbocycles. The SMILES string of the molecule is CCN1CCC(CNC(C)c2sc(C)nc2C)C1. The summed E-state index contributed by atoms with van der Waals surface area (Å²) in [5.41, 5.74) is 1.19. The van der Waals surface area contributed by atoms with Gasteiger partial charge in [0.05, 0.1) is 10.7 Å². The lowest BCUT2D eigenvalue weighted by molar-refractivity contribution is 0.336. The van der Waals surface area contributed by atoms with E-state index in [1.165, 1.54) is 41.6 Å². The fourth-order valence-electron chi connectivity index (χ4n) is 2.75. The van der Waals surface area contributed by atoms with Crippen LogP contribution in [0.15, 0.2) is 0 Å². The van der Waals surface area contributed by atoms with Crippen molar-refractivity contribution < 1.29 is 0 Å². The van der Waals surface area contributed by atoms with Crippen LogP contribution in [-0.2, 0) is 0 Å². The van der Waals surface area contributed by atoms with Crippen LogP contribution in [0.2, 0.25) is 0 Å². The highest BCUT2D eigenvalue weighted by Crippen LogP contribution is 2.25. The van der Waals surface area contributed by atoms with Gasteiger partial charge in [-0.1, -0.05) is 6.92 Å². The highest BCUT2D eigenvalue weighted by Gasteiger charge is 2.22. The van der Waals surface area contributed by atoms with Crippen molar-refractivity contribution in [3.63, 3.8) is 0 Å². The molecule has 2 heterocycles. The van der Waals surface area contributed by atoms with Crippen LogP contribution in [0.1, 0.15) is 41.9 Å². The number of aryl methyl sites for hydroxylation is 2. The van der Waals surface area contributed by atoms with E-state index in [2.05, 4.69) is 42.9 Å². The molecule has 0 aliphatic carbocycles. The van der Waals surface area contributed by atoms with Crippen molar-refractivity contribution in [3.8, 4) is 0 Å². The van der Waals surface area contributed by atoms with Crippen LogP contribution >= 0.6 is 11.3 Å². The summed E-state index contributed by atoms with van der Waals surface area (Å²) < 4.78 is 0. The van der Waals surface area contributed by atoms with E-state index in [1.54, 1.807) is 0 Å². The maximum absolute atomic E-state index is 4.51. The minimum atomic E-state index is 0.437. The molecule has 2 atom stereocenters. The molecule has 0 amide bonds. The van der Waals surface area contributed by atoms with Crippen LogP contribution in [0.25, 0.3) is 0 Å². The van der Waals surface area contributed by atoms with E-state index in [9.17, 15) is 0 Å². The summed E-state index contributed by atoms with van der Waals surface area (Å²) in [6.45, 7) is 13.6. The van der Waals surface area contributed by atoms with Gasteiger partial charge >= 0.3 is 0 Å². The first-order valence-electron chi connectivity index (χ1n) is 6.99. The molecule has 1 fully saturated rings. The van der Waals surface area contributed by atoms with Crippen molar-refractivity contribution in [2.45, 2.75) is 40.2 Å². The Balaban J connectivity index is 1.82. The number of aromatic nitrogens is 1. The lowest BCUT2D eigenvalue weighted by Gasteiger charge is -2.17. The summed E-state index contributed by atoms with van der Waals surface area (Å²) in [5, 5.41) is 4.86. The van der Waals surface area contributed by atoms with E-state index in [0.29, 0.717) is 6.04 Å². The predicted octanol–water partition coefficient (Wildman–Crippen LogP) is 2.75. The van der Waals surface area contributed by atoms with Gasteiger partial charge in [-0.05, 0) is 52.7 Å². The van der Waals surface area contributed by atoms with Crippen molar-refractivity contribution >= 4 is 11.3 Å². The number of nitrogens with one attached hydrogen (secondary N) is 1. The Morgan fingerprint density at radius 2 is 2.28 bits per heavy atom. The number of hydrogen-bond donors (Lipinski definition) is 1. The normalized spacial score (nSPS) is 22.6. The van der Waals surface area contributed by atoms with Gasteiger partial charge in [-0.2, -0.15) is 0 Å². The fraction of sp³-hybridized carbons (Fsp3) is 0.786. The molecule has 0 spiro atoms. The zero-order valence-electron chi connectivity index (χ0n) is 12.0. The quantitative estimate of drug-likeness (QED) is 0.889. The third-order valence-corrected chi connectivity index (χ3v) is 5.12. The molecule has 3 nitrogen and oxygen atoms in total. The molecular formula is C14H25N3S. The highest BCUT2D eigenvalue weighted by atomic mass is 32.1. The van der Waals surface area contributed by atoms with E-state index in [-0.39, 0.29) is 0 Å². The first kappa shape index (κ1) is 14.0. The van der Waals surface area contributed by atoms with E-state index < -0.39 is 0 Å². The van der Waals surface area contributed by atoms with Crippen LogP contribution < -0.4 is 5.32 Å². The van der Waals surface area contributed by atoms with Crippen molar-refractivity contribution in [2.75, 3.05) is 26.2 Å². The Bertz CT molecular complexity index is 388. The Kier molecular flexibility index (Phi) is 4.76. The fourth-order valence-corrected chi connectivity index (χ4v) is 3.71. The molecule has 0 radical (unpaired) electrons. The molecule has 1 aliphatic heterocycles. The zero-order valence-corrected chi connectivity index (χ0v) is 12.8. The lowest BCUT2D eigenvalue weighted by Crippen LogP contribution is -2.28. The second-order valence-corrected chi connectivity index (χ2v) is 6.60. The zero-order chi connectivity index (χ0) is 13.1. The Morgan fingerprint density at radius 3 is 2.83 bits per heavy atom. The maximum Gasteiger partial charge on any atom is 0.0900 e. The van der Waals surface area contributed by atoms with Gasteiger partial charge in [0.2, 0.25) is 0 Å². The van der Waals surface area contributed by atoms with Gasteiger partial charge in [-0.25, -0.2) is 4.98 Å². The second-order valence-electron chi connectivity index (χ2n) is 5.36. The smallest absolute Gasteiger partial charge is 0.0900 e. The number of thiazole rings is 1. The molecule has 102 valence electrons. The van der Waals surface area contributed by atoms with Crippen LogP contribution in [-0.4, -0.2) is 36.1 Å². The molecule has 1 aromatic rings. The molecule has 4 heteroatoms. The van der Waals surface area contributed by atoms with Crippen molar-refractivity contribution in [1.82, 2.24) is 15.2 Å². The highest BCUT2D eigenvalue weighted by molar-refractivity contribution is 7.11. The summed E-state index contributed by atoms with van der Waals surface area (Å²) in [4.78, 5) is 8.45. The molecule has 0 saturated carbocycles. The van der Waals surface area contributed by atoms with Crippen LogP contribution in [0.4, 0.5) is 0 Å². The Hall–Kier alpha value is -0.450. The van der Waals surface area contributed by atoms with Crippen molar-refractivity contribution in [2.24, 2.45) is 5.92 Å². The summed E-state index contributed by atoms with van der Waals surface area (Å²) in [6, 6.07) is 0.437. The second kappa shape index (κ2) is 6.13. The van der Waals surface area contributed by atoms with Crippen LogP contribution in [0, 0.1) is 19.8 Å². The van der Waals surface area contributed by atoms with Crippen LogP contribution in [0.5, 0.6) is 0 Å². The maximum atomic E-state index is 4.51. The van der Waals surface area contributed by atoms with Crippen molar-refractivity contribution in [3.05, 3.63) is 15.6 Å². The summed E-state index contributed by atoms with van der Waals surface area (Å²) in [6.07, 6.45) is 1.34. The first-order valence-corrected chi connectivity index (χ1v) is 7.81.